The van der Waals surface area contributed by atoms with E-state index in [1.807, 2.05) is 0 Å². The molecule has 82 valence electrons. The molecule has 0 atom stereocenters. The van der Waals surface area contributed by atoms with E-state index in [4.69, 9.17) is 0 Å². The summed E-state index contributed by atoms with van der Waals surface area (Å²) in [5.74, 6) is 1.98. The van der Waals surface area contributed by atoms with Gasteiger partial charge in [0.2, 0.25) is 0 Å². The van der Waals surface area contributed by atoms with Crippen molar-refractivity contribution < 1.29 is 0 Å². The molecule has 1 aromatic rings. The van der Waals surface area contributed by atoms with Crippen molar-refractivity contribution in [2.24, 2.45) is 5.92 Å². The maximum atomic E-state index is 4.55. The summed E-state index contributed by atoms with van der Waals surface area (Å²) in [6.07, 6.45) is 2.71. The van der Waals surface area contributed by atoms with Gasteiger partial charge in [0.25, 0.3) is 0 Å². The second-order valence-corrected chi connectivity index (χ2v) is 5.63. The molecule has 2 heteroatoms. The first-order valence-corrected chi connectivity index (χ1v) is 5.64. The fourth-order valence-corrected chi connectivity index (χ4v) is 1.86. The highest BCUT2D eigenvalue weighted by Gasteiger charge is 2.26. The molecule has 0 amide bonds. The lowest BCUT2D eigenvalue weighted by Gasteiger charge is -2.19. The van der Waals surface area contributed by atoms with Gasteiger partial charge in [0.05, 0.1) is 10.7 Å². The van der Waals surface area contributed by atoms with E-state index >= 15 is 0 Å². The van der Waals surface area contributed by atoms with E-state index in [1.54, 1.807) is 0 Å². The Labute approximate surface area is 91.3 Å². The van der Waals surface area contributed by atoms with Crippen molar-refractivity contribution in [2.45, 2.75) is 45.6 Å². The van der Waals surface area contributed by atoms with Gasteiger partial charge in [-0.1, -0.05) is 33.9 Å². The summed E-state index contributed by atoms with van der Waals surface area (Å²) in [7, 11) is 0. The lowest BCUT2D eigenvalue weighted by atomic mass is 9.95. The van der Waals surface area contributed by atoms with E-state index in [-0.39, 0.29) is 5.41 Å². The van der Waals surface area contributed by atoms with Gasteiger partial charge in [-0.2, -0.15) is 0 Å². The van der Waals surface area contributed by atoms with Gasteiger partial charge in [0.15, 0.2) is 0 Å². The summed E-state index contributed by atoms with van der Waals surface area (Å²) in [4.78, 5) is 4.55. The molecule has 1 fully saturated rings. The van der Waals surface area contributed by atoms with Gasteiger partial charge in [0, 0.05) is 12.0 Å². The van der Waals surface area contributed by atoms with E-state index in [1.165, 1.54) is 12.8 Å². The van der Waals surface area contributed by atoms with Crippen LogP contribution in [0.15, 0.2) is 0 Å². The van der Waals surface area contributed by atoms with Crippen LogP contribution in [0.4, 0.5) is 0 Å². The molecule has 0 aromatic carbocycles. The highest BCUT2D eigenvalue weighted by molar-refractivity contribution is 5.14. The van der Waals surface area contributed by atoms with Crippen molar-refractivity contribution in [3.05, 3.63) is 16.5 Å². The summed E-state index contributed by atoms with van der Waals surface area (Å²) in [6.45, 7) is 15.7. The average molecular weight is 204 g/mol. The second-order valence-electron chi connectivity index (χ2n) is 5.63. The second kappa shape index (κ2) is 3.22. The van der Waals surface area contributed by atoms with Gasteiger partial charge in [-0.05, 0) is 18.8 Å². The Morgan fingerprint density at radius 3 is 2.40 bits per heavy atom. The van der Waals surface area contributed by atoms with Gasteiger partial charge < -0.3 is 4.57 Å². The van der Waals surface area contributed by atoms with Gasteiger partial charge in [-0.15, -0.1) is 0 Å². The van der Waals surface area contributed by atoms with E-state index in [0.29, 0.717) is 0 Å². The number of nitrogens with zero attached hydrogens (tertiary/aromatic N) is 2. The molecule has 0 N–H and O–H groups in total. The lowest BCUT2D eigenvalue weighted by molar-refractivity contribution is 0.479. The predicted molar refractivity (Wildman–Crippen MR) is 63.9 cm³/mol. The van der Waals surface area contributed by atoms with Gasteiger partial charge >= 0.3 is 0 Å². The van der Waals surface area contributed by atoms with Crippen LogP contribution in [0.2, 0.25) is 0 Å². The molecule has 0 spiro atoms. The monoisotopic (exact) mass is 204 g/mol. The highest BCUT2D eigenvalue weighted by Crippen LogP contribution is 2.31. The van der Waals surface area contributed by atoms with E-state index < -0.39 is 0 Å². The quantitative estimate of drug-likeness (QED) is 0.712. The highest BCUT2D eigenvalue weighted by atomic mass is 15.1. The third-order valence-electron chi connectivity index (χ3n) is 2.96. The maximum Gasteiger partial charge on any atom is 0.115 e. The van der Waals surface area contributed by atoms with E-state index in [0.717, 1.165) is 29.0 Å². The molecule has 1 heterocycles. The van der Waals surface area contributed by atoms with Gasteiger partial charge in [-0.25, -0.2) is 4.98 Å². The molecule has 1 aliphatic carbocycles. The third-order valence-corrected chi connectivity index (χ3v) is 2.96. The van der Waals surface area contributed by atoms with Crippen LogP contribution in [0.1, 0.15) is 39.4 Å². The van der Waals surface area contributed by atoms with Crippen molar-refractivity contribution >= 4 is 13.2 Å². The first kappa shape index (κ1) is 10.5. The Morgan fingerprint density at radius 1 is 1.33 bits per heavy atom. The molecule has 0 radical (unpaired) electrons. The molecule has 15 heavy (non-hydrogen) atoms. The van der Waals surface area contributed by atoms with Crippen LogP contribution in [0, 0.1) is 5.92 Å². The molecule has 2 nitrogen and oxygen atoms in total. The van der Waals surface area contributed by atoms with Gasteiger partial charge in [-0.3, -0.25) is 0 Å². The molecule has 0 saturated heterocycles. The number of aromatic nitrogens is 2. The molecule has 0 unspecified atom stereocenters. The van der Waals surface area contributed by atoms with Crippen LogP contribution in [-0.2, 0) is 12.0 Å². The molecule has 0 bridgehead atoms. The Bertz CT molecular complexity index is 458. The number of hydrogen-bond acceptors (Lipinski definition) is 1. The van der Waals surface area contributed by atoms with E-state index in [2.05, 4.69) is 43.5 Å². The summed E-state index contributed by atoms with van der Waals surface area (Å²) in [6, 6.07) is 0. The number of rotatable bonds is 2. The van der Waals surface area contributed by atoms with Crippen molar-refractivity contribution in [1.82, 2.24) is 9.55 Å². The van der Waals surface area contributed by atoms with Crippen molar-refractivity contribution in [3.63, 3.8) is 0 Å². The molecular weight excluding hydrogens is 184 g/mol. The fourth-order valence-electron chi connectivity index (χ4n) is 1.86. The topological polar surface area (TPSA) is 17.8 Å². The SMILES string of the molecule is C=c1nc(C(C)(C)C)n(CC2CC2)c1=C. The summed E-state index contributed by atoms with van der Waals surface area (Å²) < 4.78 is 2.26. The Hall–Kier alpha value is -1.05. The standard InChI is InChI=1S/C13H20N2/c1-9-10(2)15(8-11-6-7-11)12(14-9)13(3,4)5/h11H,1-2,6-8H2,3-5H3. The first-order valence-electron chi connectivity index (χ1n) is 5.64. The normalized spacial score (nSPS) is 17.0. The fraction of sp³-hybridized carbons (Fsp3) is 0.615. The predicted octanol–water partition coefficient (Wildman–Crippen LogP) is 1.41. The minimum absolute atomic E-state index is 0.0806. The Balaban J connectivity index is 2.48. The smallest absolute Gasteiger partial charge is 0.115 e. The largest absolute Gasteiger partial charge is 0.328 e. The Morgan fingerprint density at radius 2 is 1.93 bits per heavy atom. The molecular formula is C13H20N2. The minimum atomic E-state index is 0.0806. The molecule has 0 aliphatic heterocycles. The van der Waals surface area contributed by atoms with Crippen molar-refractivity contribution in [2.75, 3.05) is 0 Å². The lowest BCUT2D eigenvalue weighted by Crippen LogP contribution is -2.29. The molecule has 1 saturated carbocycles. The summed E-state index contributed by atoms with van der Waals surface area (Å²) in [5, 5.41) is 1.83. The number of hydrogen-bond donors (Lipinski definition) is 0. The van der Waals surface area contributed by atoms with Crippen molar-refractivity contribution in [3.8, 4) is 0 Å². The van der Waals surface area contributed by atoms with Crippen molar-refractivity contribution in [1.29, 1.82) is 0 Å². The van der Waals surface area contributed by atoms with Crippen LogP contribution in [-0.4, -0.2) is 9.55 Å². The van der Waals surface area contributed by atoms with Crippen LogP contribution < -0.4 is 10.7 Å². The van der Waals surface area contributed by atoms with Crippen LogP contribution >= 0.6 is 0 Å². The first-order chi connectivity index (χ1) is 6.89. The third kappa shape index (κ3) is 1.99. The zero-order chi connectivity index (χ0) is 11.2. The average Bonchev–Trinajstić information content (AvgIpc) is 2.86. The maximum absolute atomic E-state index is 4.55. The molecule has 2 rings (SSSR count). The summed E-state index contributed by atoms with van der Waals surface area (Å²) in [5.41, 5.74) is 0.0806. The zero-order valence-corrected chi connectivity index (χ0v) is 10.0. The minimum Gasteiger partial charge on any atom is -0.328 e. The zero-order valence-electron chi connectivity index (χ0n) is 10.0. The van der Waals surface area contributed by atoms with Crippen LogP contribution in [0.25, 0.3) is 13.2 Å². The summed E-state index contributed by atoms with van der Waals surface area (Å²) >= 11 is 0. The Kier molecular flexibility index (Phi) is 2.25. The molecule has 1 aliphatic rings. The van der Waals surface area contributed by atoms with E-state index in [9.17, 15) is 0 Å². The number of imidazole rings is 1. The van der Waals surface area contributed by atoms with Crippen LogP contribution in [0.3, 0.4) is 0 Å². The van der Waals surface area contributed by atoms with Gasteiger partial charge in [0.1, 0.15) is 5.82 Å². The molecule has 1 aromatic heterocycles. The van der Waals surface area contributed by atoms with Crippen LogP contribution in [0.5, 0.6) is 0 Å².